The maximum atomic E-state index is 12.7. The Bertz CT molecular complexity index is 631. The van der Waals surface area contributed by atoms with Crippen LogP contribution in [-0.4, -0.2) is 48.0 Å². The van der Waals surface area contributed by atoms with Crippen LogP contribution in [0.1, 0.15) is 24.0 Å². The standard InChI is InChI=1S/C18H24N2O3S/c1-12-3-4-14(7-16(12)23-2)8-17(21)20-11-24-10-15(20)18(22)19-9-13-5-6-13/h3-4,7,13,15H,5-6,8-11H2,1-2H3,(H,19,22)/t15-/m1/s1. The molecular weight excluding hydrogens is 324 g/mol. The van der Waals surface area contributed by atoms with Gasteiger partial charge in [0, 0.05) is 12.3 Å². The number of hydrogen-bond acceptors (Lipinski definition) is 4. The van der Waals surface area contributed by atoms with Crippen LogP contribution in [0.4, 0.5) is 0 Å². The Hall–Kier alpha value is -1.69. The van der Waals surface area contributed by atoms with Gasteiger partial charge in [-0.3, -0.25) is 9.59 Å². The maximum absolute atomic E-state index is 12.7. The van der Waals surface area contributed by atoms with Crippen molar-refractivity contribution in [3.05, 3.63) is 29.3 Å². The van der Waals surface area contributed by atoms with E-state index in [9.17, 15) is 9.59 Å². The van der Waals surface area contributed by atoms with Crippen LogP contribution in [0.2, 0.25) is 0 Å². The minimum atomic E-state index is -0.339. The van der Waals surface area contributed by atoms with Crippen molar-refractivity contribution >= 4 is 23.6 Å². The quantitative estimate of drug-likeness (QED) is 0.854. The van der Waals surface area contributed by atoms with E-state index in [1.165, 1.54) is 12.8 Å². The average molecular weight is 348 g/mol. The van der Waals surface area contributed by atoms with Gasteiger partial charge in [0.15, 0.2) is 0 Å². The first-order chi connectivity index (χ1) is 11.6. The Morgan fingerprint density at radius 2 is 2.17 bits per heavy atom. The van der Waals surface area contributed by atoms with E-state index in [1.807, 2.05) is 25.1 Å². The normalized spacial score (nSPS) is 20.1. The molecule has 0 bridgehead atoms. The molecule has 5 nitrogen and oxygen atoms in total. The summed E-state index contributed by atoms with van der Waals surface area (Å²) in [6.07, 6.45) is 2.71. The number of nitrogens with one attached hydrogen (secondary N) is 1. The first-order valence-corrected chi connectivity index (χ1v) is 9.52. The smallest absolute Gasteiger partial charge is 0.243 e. The summed E-state index contributed by atoms with van der Waals surface area (Å²) >= 11 is 1.64. The average Bonchev–Trinajstić information content (AvgIpc) is 3.27. The van der Waals surface area contributed by atoms with E-state index in [1.54, 1.807) is 23.8 Å². The Morgan fingerprint density at radius 1 is 1.38 bits per heavy atom. The van der Waals surface area contributed by atoms with Crippen LogP contribution in [0, 0.1) is 12.8 Å². The Kier molecular flexibility index (Phi) is 5.33. The number of thioether (sulfide) groups is 1. The van der Waals surface area contributed by atoms with Gasteiger partial charge in [0.1, 0.15) is 11.8 Å². The van der Waals surface area contributed by atoms with Crippen LogP contribution in [-0.2, 0) is 16.0 Å². The maximum Gasteiger partial charge on any atom is 0.243 e. The first-order valence-electron chi connectivity index (χ1n) is 8.37. The molecule has 0 spiro atoms. The molecule has 0 radical (unpaired) electrons. The van der Waals surface area contributed by atoms with Crippen molar-refractivity contribution in [1.82, 2.24) is 10.2 Å². The van der Waals surface area contributed by atoms with Gasteiger partial charge in [0.25, 0.3) is 0 Å². The van der Waals surface area contributed by atoms with Crippen LogP contribution in [0.3, 0.4) is 0 Å². The highest BCUT2D eigenvalue weighted by Crippen LogP contribution is 2.28. The number of hydrogen-bond donors (Lipinski definition) is 1. The zero-order valence-corrected chi connectivity index (χ0v) is 15.0. The third-order valence-corrected chi connectivity index (χ3v) is 5.61. The van der Waals surface area contributed by atoms with Crippen molar-refractivity contribution in [2.24, 2.45) is 5.92 Å². The van der Waals surface area contributed by atoms with Crippen LogP contribution in [0.5, 0.6) is 5.75 Å². The summed E-state index contributed by atoms with van der Waals surface area (Å²) < 4.78 is 5.32. The summed E-state index contributed by atoms with van der Waals surface area (Å²) in [6.45, 7) is 2.72. The second kappa shape index (κ2) is 7.47. The number of ether oxygens (including phenoxy) is 1. The molecule has 3 rings (SSSR count). The zero-order valence-electron chi connectivity index (χ0n) is 14.2. The molecule has 1 saturated carbocycles. The lowest BCUT2D eigenvalue weighted by molar-refractivity contribution is -0.137. The molecule has 2 aliphatic rings. The number of carbonyl (C=O) groups is 2. The van der Waals surface area contributed by atoms with E-state index >= 15 is 0 Å². The van der Waals surface area contributed by atoms with Crippen LogP contribution in [0.25, 0.3) is 0 Å². The van der Waals surface area contributed by atoms with Gasteiger partial charge in [-0.1, -0.05) is 12.1 Å². The fourth-order valence-corrected chi connectivity index (χ4v) is 4.02. The lowest BCUT2D eigenvalue weighted by atomic mass is 10.1. The lowest BCUT2D eigenvalue weighted by Gasteiger charge is -2.23. The Labute approximate surface area is 147 Å². The molecular formula is C18H24N2O3S. The van der Waals surface area contributed by atoms with Crippen molar-refractivity contribution in [3.63, 3.8) is 0 Å². The third kappa shape index (κ3) is 4.04. The second-order valence-electron chi connectivity index (χ2n) is 6.55. The van der Waals surface area contributed by atoms with E-state index in [4.69, 9.17) is 4.74 Å². The highest BCUT2D eigenvalue weighted by molar-refractivity contribution is 7.99. The van der Waals surface area contributed by atoms with Crippen molar-refractivity contribution in [2.75, 3.05) is 25.3 Å². The summed E-state index contributed by atoms with van der Waals surface area (Å²) in [5.74, 6) is 2.68. The summed E-state index contributed by atoms with van der Waals surface area (Å²) in [5, 5.41) is 2.99. The highest BCUT2D eigenvalue weighted by Gasteiger charge is 2.35. The van der Waals surface area contributed by atoms with Crippen LogP contribution >= 0.6 is 11.8 Å². The molecule has 2 fully saturated rings. The topological polar surface area (TPSA) is 58.6 Å². The fourth-order valence-electron chi connectivity index (χ4n) is 2.84. The molecule has 0 aromatic heterocycles. The summed E-state index contributed by atoms with van der Waals surface area (Å²) in [5.41, 5.74) is 1.96. The van der Waals surface area contributed by atoms with Gasteiger partial charge < -0.3 is 15.0 Å². The largest absolute Gasteiger partial charge is 0.496 e. The van der Waals surface area contributed by atoms with Crippen molar-refractivity contribution in [2.45, 2.75) is 32.2 Å². The second-order valence-corrected chi connectivity index (χ2v) is 7.55. The number of amides is 2. The minimum Gasteiger partial charge on any atom is -0.496 e. The van der Waals surface area contributed by atoms with Gasteiger partial charge in [-0.25, -0.2) is 0 Å². The molecule has 1 atom stereocenters. The molecule has 1 saturated heterocycles. The van der Waals surface area contributed by atoms with Crippen molar-refractivity contribution < 1.29 is 14.3 Å². The van der Waals surface area contributed by atoms with Gasteiger partial charge in [0.05, 0.1) is 19.4 Å². The number of rotatable bonds is 6. The fraction of sp³-hybridized carbons (Fsp3) is 0.556. The van der Waals surface area contributed by atoms with Gasteiger partial charge in [-0.15, -0.1) is 11.8 Å². The molecule has 1 aromatic carbocycles. The first kappa shape index (κ1) is 17.1. The van der Waals surface area contributed by atoms with Gasteiger partial charge >= 0.3 is 0 Å². The van der Waals surface area contributed by atoms with E-state index in [2.05, 4.69) is 5.32 Å². The van der Waals surface area contributed by atoms with E-state index in [-0.39, 0.29) is 17.9 Å². The molecule has 1 N–H and O–H groups in total. The molecule has 0 unspecified atom stereocenters. The SMILES string of the molecule is COc1cc(CC(=O)N2CSC[C@@H]2C(=O)NCC2CC2)ccc1C. The molecule has 24 heavy (non-hydrogen) atoms. The minimum absolute atomic E-state index is 0.00234. The van der Waals surface area contributed by atoms with E-state index in [0.29, 0.717) is 24.0 Å². The predicted octanol–water partition coefficient (Wildman–Crippen LogP) is 1.97. The molecule has 130 valence electrons. The zero-order chi connectivity index (χ0) is 17.1. The summed E-state index contributed by atoms with van der Waals surface area (Å²) in [7, 11) is 1.63. The molecule has 1 aliphatic carbocycles. The third-order valence-electron chi connectivity index (χ3n) is 4.60. The number of benzene rings is 1. The van der Waals surface area contributed by atoms with Crippen molar-refractivity contribution in [3.8, 4) is 5.75 Å². The predicted molar refractivity (Wildman–Crippen MR) is 95.1 cm³/mol. The van der Waals surface area contributed by atoms with Gasteiger partial charge in [-0.05, 0) is 42.9 Å². The molecule has 1 heterocycles. The number of nitrogens with zero attached hydrogens (tertiary/aromatic N) is 1. The summed E-state index contributed by atoms with van der Waals surface area (Å²) in [6, 6.07) is 5.47. The molecule has 2 amide bonds. The lowest BCUT2D eigenvalue weighted by Crippen LogP contribution is -2.48. The molecule has 1 aromatic rings. The molecule has 1 aliphatic heterocycles. The van der Waals surface area contributed by atoms with Gasteiger partial charge in [-0.2, -0.15) is 0 Å². The Balaban J connectivity index is 1.61. The van der Waals surface area contributed by atoms with Crippen LogP contribution in [0.15, 0.2) is 18.2 Å². The van der Waals surface area contributed by atoms with E-state index < -0.39 is 0 Å². The van der Waals surface area contributed by atoms with E-state index in [0.717, 1.165) is 23.4 Å². The monoisotopic (exact) mass is 348 g/mol. The Morgan fingerprint density at radius 3 is 2.88 bits per heavy atom. The number of methoxy groups -OCH3 is 1. The van der Waals surface area contributed by atoms with Crippen molar-refractivity contribution in [1.29, 1.82) is 0 Å². The van der Waals surface area contributed by atoms with Crippen LogP contribution < -0.4 is 10.1 Å². The van der Waals surface area contributed by atoms with Gasteiger partial charge in [0.2, 0.25) is 11.8 Å². The number of aryl methyl sites for hydroxylation is 1. The number of carbonyl (C=O) groups excluding carboxylic acids is 2. The highest BCUT2D eigenvalue weighted by atomic mass is 32.2. The summed E-state index contributed by atoms with van der Waals surface area (Å²) in [4.78, 5) is 26.7. The molecule has 6 heteroatoms.